The molecule has 0 N–H and O–H groups in total. The van der Waals surface area contributed by atoms with Crippen LogP contribution in [0.2, 0.25) is 0 Å². The lowest BCUT2D eigenvalue weighted by molar-refractivity contribution is -0.142. The Balaban J connectivity index is 2.09. The van der Waals surface area contributed by atoms with Gasteiger partial charge >= 0.3 is 6.18 Å². The van der Waals surface area contributed by atoms with Crippen molar-refractivity contribution in [2.75, 3.05) is 0 Å². The molecule has 2 aromatic rings. The maximum Gasteiger partial charge on any atom is 0.422 e. The third-order valence-corrected chi connectivity index (χ3v) is 3.27. The monoisotopic (exact) mass is 330 g/mol. The number of benzene rings is 2. The highest BCUT2D eigenvalue weighted by Gasteiger charge is 2.38. The Morgan fingerprint density at radius 1 is 0.913 bits per heavy atom. The summed E-state index contributed by atoms with van der Waals surface area (Å²) in [6, 6.07) is 8.52. The van der Waals surface area contributed by atoms with Gasteiger partial charge in [-0.25, -0.2) is 8.78 Å². The fourth-order valence-corrected chi connectivity index (χ4v) is 2.16. The van der Waals surface area contributed by atoms with Crippen LogP contribution < -0.4 is 4.74 Å². The summed E-state index contributed by atoms with van der Waals surface area (Å²) < 4.78 is 69.5. The molecule has 0 unspecified atom stereocenters. The molecule has 0 atom stereocenters. The largest absolute Gasteiger partial charge is 0.489 e. The lowest BCUT2D eigenvalue weighted by atomic mass is 10.1. The zero-order valence-corrected chi connectivity index (χ0v) is 12.4. The van der Waals surface area contributed by atoms with Gasteiger partial charge in [-0.1, -0.05) is 37.6 Å². The van der Waals surface area contributed by atoms with Crippen LogP contribution in [-0.4, -0.2) is 0 Å². The van der Waals surface area contributed by atoms with E-state index in [1.807, 2.05) is 24.3 Å². The zero-order valence-electron chi connectivity index (χ0n) is 12.4. The summed E-state index contributed by atoms with van der Waals surface area (Å²) in [6.07, 6.45) is -3.13. The maximum absolute atomic E-state index is 13.4. The second-order valence-electron chi connectivity index (χ2n) is 5.11. The highest BCUT2D eigenvalue weighted by molar-refractivity contribution is 5.32. The van der Waals surface area contributed by atoms with E-state index in [0.717, 1.165) is 24.0 Å². The van der Waals surface area contributed by atoms with Crippen LogP contribution in [0.15, 0.2) is 36.4 Å². The predicted octanol–water partition coefficient (Wildman–Crippen LogP) is 5.52. The molecule has 0 aliphatic heterocycles. The molecule has 0 fully saturated rings. The molecule has 0 radical (unpaired) electrons. The summed E-state index contributed by atoms with van der Waals surface area (Å²) in [6.45, 7) is 2.07. The van der Waals surface area contributed by atoms with Crippen molar-refractivity contribution < 1.29 is 26.7 Å². The lowest BCUT2D eigenvalue weighted by Gasteiger charge is -2.12. The van der Waals surface area contributed by atoms with Crippen molar-refractivity contribution >= 4 is 0 Å². The normalized spacial score (nSPS) is 11.6. The van der Waals surface area contributed by atoms with Crippen LogP contribution in [-0.2, 0) is 19.2 Å². The van der Waals surface area contributed by atoms with Crippen LogP contribution in [0.25, 0.3) is 0 Å². The number of hydrogen-bond donors (Lipinski definition) is 0. The first-order chi connectivity index (χ1) is 10.8. The molecular weight excluding hydrogens is 315 g/mol. The standard InChI is InChI=1S/C17H15F5O/c1-2-3-11-4-6-12(7-5-11)10-23-13-8-14(18)16(15(19)9-13)17(20,21)22/h4-9H,2-3,10H2,1H3. The van der Waals surface area contributed by atoms with E-state index in [1.54, 1.807) is 0 Å². The number of ether oxygens (including phenoxy) is 1. The van der Waals surface area contributed by atoms with Crippen LogP contribution in [0.4, 0.5) is 22.0 Å². The van der Waals surface area contributed by atoms with Gasteiger partial charge < -0.3 is 4.74 Å². The molecule has 0 spiro atoms. The molecule has 2 rings (SSSR count). The van der Waals surface area contributed by atoms with Crippen LogP contribution in [0.3, 0.4) is 0 Å². The van der Waals surface area contributed by atoms with E-state index in [1.165, 1.54) is 0 Å². The van der Waals surface area contributed by atoms with Crippen molar-refractivity contribution in [3.05, 3.63) is 64.7 Å². The van der Waals surface area contributed by atoms with Crippen LogP contribution in [0, 0.1) is 11.6 Å². The minimum atomic E-state index is -5.08. The smallest absolute Gasteiger partial charge is 0.422 e. The van der Waals surface area contributed by atoms with Gasteiger partial charge in [0.15, 0.2) is 0 Å². The molecule has 6 heteroatoms. The molecule has 0 bridgehead atoms. The summed E-state index contributed by atoms with van der Waals surface area (Å²) in [5.74, 6) is -3.66. The third kappa shape index (κ3) is 4.43. The quantitative estimate of drug-likeness (QED) is 0.656. The summed E-state index contributed by atoms with van der Waals surface area (Å²) in [4.78, 5) is 0. The van der Waals surface area contributed by atoms with Crippen LogP contribution >= 0.6 is 0 Å². The molecule has 124 valence electrons. The Morgan fingerprint density at radius 3 is 1.91 bits per heavy atom. The highest BCUT2D eigenvalue weighted by atomic mass is 19.4. The van der Waals surface area contributed by atoms with E-state index < -0.39 is 23.4 Å². The van der Waals surface area contributed by atoms with Crippen LogP contribution in [0.5, 0.6) is 5.75 Å². The predicted molar refractivity (Wildman–Crippen MR) is 76.1 cm³/mol. The zero-order chi connectivity index (χ0) is 17.0. The van der Waals surface area contributed by atoms with Crippen molar-refractivity contribution in [3.63, 3.8) is 0 Å². The number of rotatable bonds is 5. The van der Waals surface area contributed by atoms with Crippen molar-refractivity contribution in [2.24, 2.45) is 0 Å². The summed E-state index contributed by atoms with van der Waals surface area (Å²) in [5, 5.41) is 0. The highest BCUT2D eigenvalue weighted by Crippen LogP contribution is 2.35. The van der Waals surface area contributed by atoms with E-state index in [9.17, 15) is 22.0 Å². The van der Waals surface area contributed by atoms with Gasteiger partial charge in [0.1, 0.15) is 29.6 Å². The molecule has 0 aliphatic carbocycles. The fraction of sp³-hybridized carbons (Fsp3) is 0.294. The lowest BCUT2D eigenvalue weighted by Crippen LogP contribution is -2.11. The van der Waals surface area contributed by atoms with E-state index in [4.69, 9.17) is 4.74 Å². The first-order valence-corrected chi connectivity index (χ1v) is 7.08. The van der Waals surface area contributed by atoms with E-state index in [0.29, 0.717) is 12.1 Å². The Hall–Kier alpha value is -2.11. The van der Waals surface area contributed by atoms with E-state index >= 15 is 0 Å². The number of aryl methyl sites for hydroxylation is 1. The van der Waals surface area contributed by atoms with Crippen molar-refractivity contribution in [1.29, 1.82) is 0 Å². The number of halogens is 5. The topological polar surface area (TPSA) is 9.23 Å². The molecular formula is C17H15F5O. The van der Waals surface area contributed by atoms with Gasteiger partial charge in [-0.2, -0.15) is 13.2 Å². The molecule has 0 heterocycles. The van der Waals surface area contributed by atoms with Gasteiger partial charge in [0.05, 0.1) is 0 Å². The minimum Gasteiger partial charge on any atom is -0.489 e. The second-order valence-corrected chi connectivity index (χ2v) is 5.11. The summed E-state index contributed by atoms with van der Waals surface area (Å²) in [7, 11) is 0. The second kappa shape index (κ2) is 6.98. The molecule has 1 nitrogen and oxygen atoms in total. The first kappa shape index (κ1) is 17.2. The maximum atomic E-state index is 13.4. The summed E-state index contributed by atoms with van der Waals surface area (Å²) >= 11 is 0. The number of alkyl halides is 3. The number of hydrogen-bond acceptors (Lipinski definition) is 1. The Morgan fingerprint density at radius 2 is 1.43 bits per heavy atom. The van der Waals surface area contributed by atoms with E-state index in [2.05, 4.69) is 6.92 Å². The average molecular weight is 330 g/mol. The minimum absolute atomic E-state index is 0.0106. The van der Waals surface area contributed by atoms with Gasteiger partial charge in [0, 0.05) is 12.1 Å². The summed E-state index contributed by atoms with van der Waals surface area (Å²) in [5.41, 5.74) is 0.00204. The Kier molecular flexibility index (Phi) is 5.23. The van der Waals surface area contributed by atoms with Gasteiger partial charge in [-0.15, -0.1) is 0 Å². The Labute approximate surface area is 130 Å². The molecule has 0 amide bonds. The molecule has 0 saturated carbocycles. The van der Waals surface area contributed by atoms with Gasteiger partial charge in [-0.3, -0.25) is 0 Å². The SMILES string of the molecule is CCCc1ccc(COc2cc(F)c(C(F)(F)F)c(F)c2)cc1. The van der Waals surface area contributed by atoms with Gasteiger partial charge in [0.25, 0.3) is 0 Å². The fourth-order valence-electron chi connectivity index (χ4n) is 2.16. The Bertz CT molecular complexity index is 639. The van der Waals surface area contributed by atoms with Crippen LogP contribution in [0.1, 0.15) is 30.0 Å². The van der Waals surface area contributed by atoms with Crippen molar-refractivity contribution in [2.45, 2.75) is 32.5 Å². The third-order valence-electron chi connectivity index (χ3n) is 3.27. The first-order valence-electron chi connectivity index (χ1n) is 7.08. The van der Waals surface area contributed by atoms with E-state index in [-0.39, 0.29) is 12.4 Å². The van der Waals surface area contributed by atoms with Crippen molar-refractivity contribution in [1.82, 2.24) is 0 Å². The van der Waals surface area contributed by atoms with Gasteiger partial charge in [0.2, 0.25) is 0 Å². The molecule has 0 aliphatic rings. The van der Waals surface area contributed by atoms with Crippen molar-refractivity contribution in [3.8, 4) is 5.75 Å². The molecule has 0 saturated heterocycles. The molecule has 2 aromatic carbocycles. The average Bonchev–Trinajstić information content (AvgIpc) is 2.44. The molecule has 23 heavy (non-hydrogen) atoms. The van der Waals surface area contributed by atoms with Gasteiger partial charge in [-0.05, 0) is 17.5 Å². The molecule has 0 aromatic heterocycles.